The van der Waals surface area contributed by atoms with Gasteiger partial charge in [-0.05, 0) is 55.7 Å². The van der Waals surface area contributed by atoms with Crippen LogP contribution >= 0.6 is 46.4 Å². The molecule has 0 spiro atoms. The lowest BCUT2D eigenvalue weighted by Crippen LogP contribution is -2.50. The van der Waals surface area contributed by atoms with E-state index in [4.69, 9.17) is 46.4 Å². The number of benzene rings is 2. The highest BCUT2D eigenvalue weighted by atomic mass is 35.5. The molecule has 2 amide bonds. The Labute approximate surface area is 197 Å². The van der Waals surface area contributed by atoms with Crippen molar-refractivity contribution in [3.05, 3.63) is 67.6 Å². The lowest BCUT2D eigenvalue weighted by atomic mass is 10.1. The molecule has 0 fully saturated rings. The molecule has 0 radical (unpaired) electrons. The summed E-state index contributed by atoms with van der Waals surface area (Å²) in [5.41, 5.74) is 1.50. The average Bonchev–Trinajstić information content (AvgIpc) is 2.66. The van der Waals surface area contributed by atoms with E-state index in [2.05, 4.69) is 5.32 Å². The Morgan fingerprint density at radius 1 is 0.900 bits per heavy atom. The summed E-state index contributed by atoms with van der Waals surface area (Å²) in [6.45, 7) is 5.86. The van der Waals surface area contributed by atoms with Gasteiger partial charge in [-0.25, -0.2) is 0 Å². The second kappa shape index (κ2) is 11.2. The predicted molar refractivity (Wildman–Crippen MR) is 125 cm³/mol. The van der Waals surface area contributed by atoms with E-state index < -0.39 is 6.04 Å². The van der Waals surface area contributed by atoms with Crippen molar-refractivity contribution in [3.8, 4) is 0 Å². The van der Waals surface area contributed by atoms with Crippen molar-refractivity contribution in [2.24, 2.45) is 0 Å². The highest BCUT2D eigenvalue weighted by Crippen LogP contribution is 2.26. The van der Waals surface area contributed by atoms with Gasteiger partial charge in [-0.2, -0.15) is 0 Å². The Morgan fingerprint density at radius 2 is 1.43 bits per heavy atom. The topological polar surface area (TPSA) is 49.4 Å². The third-order valence-corrected chi connectivity index (χ3v) is 5.97. The third-order valence-electron chi connectivity index (χ3n) is 4.49. The standard InChI is InChI=1S/C22H24Cl4N2O2/c1-4-20(22(30)27-13(2)3)28(12-15-6-8-17(24)19(26)10-15)21(29)11-14-5-7-16(23)18(25)9-14/h5-10,13,20H,4,11-12H2,1-3H3,(H,27,30)/t20-/m1/s1. The summed E-state index contributed by atoms with van der Waals surface area (Å²) in [5.74, 6) is -0.403. The molecule has 1 N–H and O–H groups in total. The molecule has 2 rings (SSSR count). The number of halogens is 4. The first-order valence-electron chi connectivity index (χ1n) is 9.60. The first kappa shape index (κ1) is 24.8. The van der Waals surface area contributed by atoms with Gasteiger partial charge in [0.15, 0.2) is 0 Å². The molecule has 0 aliphatic heterocycles. The van der Waals surface area contributed by atoms with Crippen molar-refractivity contribution in [1.82, 2.24) is 10.2 Å². The van der Waals surface area contributed by atoms with E-state index in [1.807, 2.05) is 20.8 Å². The van der Waals surface area contributed by atoms with Gasteiger partial charge in [0.25, 0.3) is 0 Å². The summed E-state index contributed by atoms with van der Waals surface area (Å²) < 4.78 is 0. The van der Waals surface area contributed by atoms with Crippen LogP contribution in [-0.2, 0) is 22.6 Å². The van der Waals surface area contributed by atoms with Crippen LogP contribution in [0.2, 0.25) is 20.1 Å². The fourth-order valence-corrected chi connectivity index (χ4v) is 3.70. The molecule has 2 aromatic rings. The number of amides is 2. The first-order valence-corrected chi connectivity index (χ1v) is 11.1. The van der Waals surface area contributed by atoms with Gasteiger partial charge >= 0.3 is 0 Å². The summed E-state index contributed by atoms with van der Waals surface area (Å²) >= 11 is 24.2. The van der Waals surface area contributed by atoms with E-state index >= 15 is 0 Å². The van der Waals surface area contributed by atoms with Crippen LogP contribution in [-0.4, -0.2) is 28.8 Å². The van der Waals surface area contributed by atoms with Crippen molar-refractivity contribution >= 4 is 58.2 Å². The van der Waals surface area contributed by atoms with E-state index in [9.17, 15) is 9.59 Å². The first-order chi connectivity index (χ1) is 14.1. The van der Waals surface area contributed by atoms with Gasteiger partial charge in [0.2, 0.25) is 11.8 Å². The second-order valence-electron chi connectivity index (χ2n) is 7.28. The van der Waals surface area contributed by atoms with Crippen LogP contribution in [0.1, 0.15) is 38.3 Å². The monoisotopic (exact) mass is 488 g/mol. The van der Waals surface area contributed by atoms with Crippen LogP contribution in [0.4, 0.5) is 0 Å². The molecule has 0 aliphatic rings. The molecular formula is C22H24Cl4N2O2. The summed E-state index contributed by atoms with van der Waals surface area (Å²) in [4.78, 5) is 27.6. The minimum Gasteiger partial charge on any atom is -0.352 e. The summed E-state index contributed by atoms with van der Waals surface area (Å²) in [6, 6.07) is 9.57. The fourth-order valence-electron chi connectivity index (χ4n) is 3.06. The van der Waals surface area contributed by atoms with Crippen molar-refractivity contribution in [1.29, 1.82) is 0 Å². The van der Waals surface area contributed by atoms with Crippen molar-refractivity contribution < 1.29 is 9.59 Å². The quantitative estimate of drug-likeness (QED) is 0.481. The second-order valence-corrected chi connectivity index (χ2v) is 8.91. The molecule has 0 bridgehead atoms. The smallest absolute Gasteiger partial charge is 0.243 e. The van der Waals surface area contributed by atoms with Crippen LogP contribution in [0.3, 0.4) is 0 Å². The highest BCUT2D eigenvalue weighted by molar-refractivity contribution is 6.42. The number of carbonyl (C=O) groups excluding carboxylic acids is 2. The Hall–Kier alpha value is -1.46. The zero-order valence-electron chi connectivity index (χ0n) is 17.0. The summed E-state index contributed by atoms with van der Waals surface area (Å²) in [6.07, 6.45) is 0.552. The highest BCUT2D eigenvalue weighted by Gasteiger charge is 2.29. The molecule has 2 aromatic carbocycles. The van der Waals surface area contributed by atoms with E-state index in [-0.39, 0.29) is 30.8 Å². The summed E-state index contributed by atoms with van der Waals surface area (Å²) in [5, 5.41) is 4.52. The lowest BCUT2D eigenvalue weighted by Gasteiger charge is -2.31. The zero-order chi connectivity index (χ0) is 22.4. The molecule has 30 heavy (non-hydrogen) atoms. The minimum atomic E-state index is -0.628. The molecular weight excluding hydrogens is 466 g/mol. The molecule has 0 aliphatic carbocycles. The predicted octanol–water partition coefficient (Wildman–Crippen LogP) is 6.17. The van der Waals surface area contributed by atoms with E-state index in [1.54, 1.807) is 41.3 Å². The van der Waals surface area contributed by atoms with Crippen molar-refractivity contribution in [3.63, 3.8) is 0 Å². The van der Waals surface area contributed by atoms with Gasteiger partial charge in [0.05, 0.1) is 26.5 Å². The third kappa shape index (κ3) is 6.78. The molecule has 0 saturated heterocycles. The SMILES string of the molecule is CC[C@H](C(=O)NC(C)C)N(Cc1ccc(Cl)c(Cl)c1)C(=O)Cc1ccc(Cl)c(Cl)c1. The molecule has 8 heteroatoms. The van der Waals surface area contributed by atoms with Crippen LogP contribution in [0.15, 0.2) is 36.4 Å². The Balaban J connectivity index is 2.34. The Morgan fingerprint density at radius 3 is 1.93 bits per heavy atom. The summed E-state index contributed by atoms with van der Waals surface area (Å²) in [7, 11) is 0. The lowest BCUT2D eigenvalue weighted by molar-refractivity contribution is -0.141. The van der Waals surface area contributed by atoms with E-state index in [0.717, 1.165) is 5.56 Å². The Bertz CT molecular complexity index is 918. The van der Waals surface area contributed by atoms with Crippen molar-refractivity contribution in [2.75, 3.05) is 0 Å². The van der Waals surface area contributed by atoms with Gasteiger partial charge in [-0.3, -0.25) is 9.59 Å². The van der Waals surface area contributed by atoms with Gasteiger partial charge in [0, 0.05) is 12.6 Å². The molecule has 4 nitrogen and oxygen atoms in total. The zero-order valence-corrected chi connectivity index (χ0v) is 20.0. The van der Waals surface area contributed by atoms with Crippen LogP contribution in [0.5, 0.6) is 0 Å². The number of rotatable bonds is 8. The molecule has 0 unspecified atom stereocenters. The van der Waals surface area contributed by atoms with Gasteiger partial charge in [0.1, 0.15) is 6.04 Å². The van der Waals surface area contributed by atoms with Crippen LogP contribution in [0.25, 0.3) is 0 Å². The maximum atomic E-state index is 13.3. The van der Waals surface area contributed by atoms with Gasteiger partial charge < -0.3 is 10.2 Å². The number of hydrogen-bond donors (Lipinski definition) is 1. The molecule has 0 saturated carbocycles. The number of nitrogens with zero attached hydrogens (tertiary/aromatic N) is 1. The number of hydrogen-bond acceptors (Lipinski definition) is 2. The molecule has 0 aromatic heterocycles. The minimum absolute atomic E-state index is 0.0384. The average molecular weight is 490 g/mol. The maximum Gasteiger partial charge on any atom is 0.243 e. The molecule has 0 heterocycles. The van der Waals surface area contributed by atoms with E-state index in [0.29, 0.717) is 32.1 Å². The fraction of sp³-hybridized carbons (Fsp3) is 0.364. The molecule has 1 atom stereocenters. The van der Waals surface area contributed by atoms with Crippen LogP contribution < -0.4 is 5.32 Å². The Kier molecular flexibility index (Phi) is 9.30. The van der Waals surface area contributed by atoms with Gasteiger partial charge in [-0.1, -0.05) is 65.5 Å². The largest absolute Gasteiger partial charge is 0.352 e. The van der Waals surface area contributed by atoms with Crippen LogP contribution in [0, 0.1) is 0 Å². The normalized spacial score (nSPS) is 12.0. The molecule has 162 valence electrons. The van der Waals surface area contributed by atoms with Crippen molar-refractivity contribution in [2.45, 2.75) is 52.2 Å². The number of carbonyl (C=O) groups is 2. The van der Waals surface area contributed by atoms with Gasteiger partial charge in [-0.15, -0.1) is 0 Å². The number of nitrogens with one attached hydrogen (secondary N) is 1. The maximum absolute atomic E-state index is 13.3. The van der Waals surface area contributed by atoms with E-state index in [1.165, 1.54) is 0 Å².